The van der Waals surface area contributed by atoms with Crippen LogP contribution in [-0.2, 0) is 14.4 Å². The van der Waals surface area contributed by atoms with Gasteiger partial charge in [0, 0.05) is 10.6 Å². The molecule has 0 heterocycles. The van der Waals surface area contributed by atoms with Crippen LogP contribution in [0, 0.1) is 11.8 Å². The van der Waals surface area contributed by atoms with Crippen LogP contribution in [0.25, 0.3) is 5.57 Å². The van der Waals surface area contributed by atoms with Gasteiger partial charge in [-0.1, -0.05) is 60.3 Å². The number of methoxy groups -OCH3 is 2. The van der Waals surface area contributed by atoms with Crippen molar-refractivity contribution in [2.24, 2.45) is 11.8 Å². The van der Waals surface area contributed by atoms with E-state index in [2.05, 4.69) is 17.9 Å². The van der Waals surface area contributed by atoms with E-state index < -0.39 is 29.7 Å². The normalized spacial score (nSPS) is 16.1. The first-order chi connectivity index (χ1) is 21.9. The van der Waals surface area contributed by atoms with Crippen molar-refractivity contribution in [1.82, 2.24) is 0 Å². The molecule has 46 heavy (non-hydrogen) atoms. The van der Waals surface area contributed by atoms with Crippen LogP contribution in [-0.4, -0.2) is 48.2 Å². The van der Waals surface area contributed by atoms with Crippen molar-refractivity contribution in [2.75, 3.05) is 19.5 Å². The number of carboxylic acids is 2. The number of carboxylic acid groups (broad SMARTS) is 2. The predicted molar refractivity (Wildman–Crippen MR) is 178 cm³/mol. The molecule has 2 atom stereocenters. The summed E-state index contributed by atoms with van der Waals surface area (Å²) in [5, 5.41) is 22.1. The number of allylic oxidation sites excluding steroid dienone is 1. The monoisotopic (exact) mass is 689 g/mol. The second-order valence-corrected chi connectivity index (χ2v) is 11.4. The molecule has 0 aromatic heterocycles. The van der Waals surface area contributed by atoms with E-state index in [1.165, 1.54) is 38.5 Å². The maximum atomic E-state index is 12.5. The molecule has 1 fully saturated rings. The van der Waals surface area contributed by atoms with Gasteiger partial charge in [0.05, 0.1) is 41.7 Å². The molecule has 0 aliphatic heterocycles. The van der Waals surface area contributed by atoms with Gasteiger partial charge in [0.25, 0.3) is 0 Å². The molecule has 1 aliphatic carbocycles. The standard InChI is InChI=1S/C19H18O6S.C14H15Cl2NO3/c1-11(12-7-4-5-8-13(12)23-2)17(26)19(22)25-15-10-6-9-14(24-3)16(15)18(20)21;15-8-5-6-12(11(16)7-8)17-13(18)9-3-1-2-4-10(9)14(19)20/h4-10,26H,1-3H3,(H,20,21);5-7,9-10H,1-4H2,(H,17,18)(H,19,20)/t;9-,10+/m.0/s1. The third-order valence-corrected chi connectivity index (χ3v) is 8.36. The number of carbonyl (C=O) groups is 4. The molecule has 10 nitrogen and oxygen atoms in total. The number of aromatic carboxylic acids is 1. The number of hydrogen-bond donors (Lipinski definition) is 4. The minimum Gasteiger partial charge on any atom is -0.496 e. The van der Waals surface area contributed by atoms with E-state index in [0.717, 1.165) is 12.8 Å². The summed E-state index contributed by atoms with van der Waals surface area (Å²) in [6, 6.07) is 16.3. The zero-order chi connectivity index (χ0) is 34.0. The van der Waals surface area contributed by atoms with Gasteiger partial charge in [0.2, 0.25) is 5.91 Å². The minimum atomic E-state index is -1.27. The van der Waals surface area contributed by atoms with Gasteiger partial charge in [0.15, 0.2) is 0 Å². The fourth-order valence-electron chi connectivity index (χ4n) is 4.92. The van der Waals surface area contributed by atoms with Crippen molar-refractivity contribution in [3.8, 4) is 17.2 Å². The molecule has 0 bridgehead atoms. The van der Waals surface area contributed by atoms with Gasteiger partial charge in [-0.15, -0.1) is 12.6 Å². The van der Waals surface area contributed by atoms with Gasteiger partial charge >= 0.3 is 17.9 Å². The molecule has 1 aliphatic rings. The molecule has 13 heteroatoms. The number of hydrogen-bond acceptors (Lipinski definition) is 8. The quantitative estimate of drug-likeness (QED) is 0.0776. The van der Waals surface area contributed by atoms with Crippen LogP contribution in [0.2, 0.25) is 10.0 Å². The Labute approximate surface area is 281 Å². The second-order valence-electron chi connectivity index (χ2n) is 10.2. The summed E-state index contributed by atoms with van der Waals surface area (Å²) in [7, 11) is 2.86. The first-order valence-electron chi connectivity index (χ1n) is 14.0. The lowest BCUT2D eigenvalue weighted by Crippen LogP contribution is -2.36. The Hall–Kier alpha value is -4.19. The molecule has 1 amide bonds. The summed E-state index contributed by atoms with van der Waals surface area (Å²) in [6.07, 6.45) is 2.86. The van der Waals surface area contributed by atoms with E-state index in [1.54, 1.807) is 37.3 Å². The maximum absolute atomic E-state index is 12.5. The summed E-state index contributed by atoms with van der Waals surface area (Å²) in [5.74, 6) is -3.83. The number of benzene rings is 3. The van der Waals surface area contributed by atoms with Gasteiger partial charge in [-0.2, -0.15) is 0 Å². The Balaban J connectivity index is 0.000000259. The van der Waals surface area contributed by atoms with E-state index in [1.807, 2.05) is 6.07 Å². The number of carbonyl (C=O) groups excluding carboxylic acids is 2. The van der Waals surface area contributed by atoms with Crippen LogP contribution in [0.15, 0.2) is 65.6 Å². The molecule has 1 saturated carbocycles. The molecule has 3 aromatic rings. The van der Waals surface area contributed by atoms with Crippen LogP contribution >= 0.6 is 35.8 Å². The average molecular weight is 691 g/mol. The molecular formula is C33H33Cl2NO9S. The minimum absolute atomic E-state index is 0.0358. The molecular weight excluding hydrogens is 657 g/mol. The van der Waals surface area contributed by atoms with Crippen molar-refractivity contribution in [3.63, 3.8) is 0 Å². The third kappa shape index (κ3) is 9.18. The van der Waals surface area contributed by atoms with Crippen molar-refractivity contribution >= 4 is 70.9 Å². The van der Waals surface area contributed by atoms with E-state index in [-0.39, 0.29) is 27.9 Å². The van der Waals surface area contributed by atoms with Crippen LogP contribution in [0.4, 0.5) is 5.69 Å². The number of ether oxygens (including phenoxy) is 3. The molecule has 0 unspecified atom stereocenters. The Morgan fingerprint density at radius 2 is 1.46 bits per heavy atom. The highest BCUT2D eigenvalue weighted by Gasteiger charge is 2.35. The maximum Gasteiger partial charge on any atom is 0.350 e. The highest BCUT2D eigenvalue weighted by Crippen LogP contribution is 2.34. The number of thiol groups is 1. The van der Waals surface area contributed by atoms with Gasteiger partial charge in [-0.05, 0) is 61.7 Å². The van der Waals surface area contributed by atoms with Crippen molar-refractivity contribution in [2.45, 2.75) is 32.6 Å². The average Bonchev–Trinajstić information content (AvgIpc) is 3.05. The molecule has 4 rings (SSSR count). The molecule has 0 spiro atoms. The fraction of sp³-hybridized carbons (Fsp3) is 0.273. The molecule has 3 N–H and O–H groups in total. The number of amides is 1. The Bertz CT molecular complexity index is 1640. The SMILES string of the molecule is COc1ccccc1C(C)=C(S)C(=O)Oc1cccc(OC)c1C(=O)O.O=C(Nc1ccc(Cl)cc1Cl)[C@H]1CCCC[C@H]1C(=O)O. The number of nitrogens with one attached hydrogen (secondary N) is 1. The highest BCUT2D eigenvalue weighted by atomic mass is 35.5. The van der Waals surface area contributed by atoms with Gasteiger partial charge in [-0.25, -0.2) is 9.59 Å². The van der Waals surface area contributed by atoms with Gasteiger partial charge in [0.1, 0.15) is 22.8 Å². The van der Waals surface area contributed by atoms with Crippen molar-refractivity contribution in [1.29, 1.82) is 0 Å². The first kappa shape index (κ1) is 36.3. The van der Waals surface area contributed by atoms with Crippen LogP contribution in [0.1, 0.15) is 48.5 Å². The summed E-state index contributed by atoms with van der Waals surface area (Å²) < 4.78 is 15.6. The predicted octanol–water partition coefficient (Wildman–Crippen LogP) is 7.49. The van der Waals surface area contributed by atoms with Gasteiger partial charge in [-0.3, -0.25) is 9.59 Å². The van der Waals surface area contributed by atoms with E-state index >= 15 is 0 Å². The van der Waals surface area contributed by atoms with Crippen molar-refractivity contribution in [3.05, 3.63) is 86.7 Å². The number of halogens is 2. The Morgan fingerprint density at radius 3 is 2.07 bits per heavy atom. The summed E-state index contributed by atoms with van der Waals surface area (Å²) in [5.41, 5.74) is 1.44. The van der Waals surface area contributed by atoms with Crippen LogP contribution < -0.4 is 19.5 Å². The Morgan fingerprint density at radius 1 is 0.848 bits per heavy atom. The first-order valence-corrected chi connectivity index (χ1v) is 15.2. The van der Waals surface area contributed by atoms with Gasteiger partial charge < -0.3 is 29.7 Å². The number of anilines is 1. The zero-order valence-corrected chi connectivity index (χ0v) is 27.6. The fourth-order valence-corrected chi connectivity index (χ4v) is 5.54. The second kappa shape index (κ2) is 16.9. The number of aliphatic carboxylic acids is 1. The topological polar surface area (TPSA) is 148 Å². The molecule has 0 saturated heterocycles. The smallest absolute Gasteiger partial charge is 0.350 e. The zero-order valence-electron chi connectivity index (χ0n) is 25.2. The van der Waals surface area contributed by atoms with E-state index in [4.69, 9.17) is 37.4 Å². The van der Waals surface area contributed by atoms with Crippen LogP contribution in [0.5, 0.6) is 17.2 Å². The summed E-state index contributed by atoms with van der Waals surface area (Å²) in [6.45, 7) is 1.70. The lowest BCUT2D eigenvalue weighted by molar-refractivity contribution is -0.147. The van der Waals surface area contributed by atoms with E-state index in [9.17, 15) is 29.4 Å². The van der Waals surface area contributed by atoms with E-state index in [0.29, 0.717) is 45.5 Å². The molecule has 3 aromatic carbocycles. The largest absolute Gasteiger partial charge is 0.496 e. The third-order valence-electron chi connectivity index (χ3n) is 7.29. The van der Waals surface area contributed by atoms with Crippen LogP contribution in [0.3, 0.4) is 0 Å². The summed E-state index contributed by atoms with van der Waals surface area (Å²) >= 11 is 16.0. The lowest BCUT2D eigenvalue weighted by Gasteiger charge is -2.27. The number of esters is 1. The van der Waals surface area contributed by atoms with Crippen molar-refractivity contribution < 1.29 is 43.6 Å². The Kier molecular flexibility index (Phi) is 13.4. The summed E-state index contributed by atoms with van der Waals surface area (Å²) in [4.78, 5) is 47.4. The lowest BCUT2D eigenvalue weighted by atomic mass is 9.78. The molecule has 244 valence electrons. The number of para-hydroxylation sites is 1. The number of rotatable bonds is 9. The molecule has 0 radical (unpaired) electrons. The highest BCUT2D eigenvalue weighted by molar-refractivity contribution is 7.85.